The van der Waals surface area contributed by atoms with E-state index < -0.39 is 36.4 Å². The van der Waals surface area contributed by atoms with Crippen LogP contribution in [-0.4, -0.2) is 66.3 Å². The monoisotopic (exact) mass is 259 g/mol. The van der Waals surface area contributed by atoms with Crippen molar-refractivity contribution < 1.29 is 51.9 Å². The molecule has 16 heavy (non-hydrogen) atoms. The van der Waals surface area contributed by atoms with Gasteiger partial charge in [0.25, 0.3) is 0 Å². The Morgan fingerprint density at radius 1 is 0.938 bits per heavy atom. The number of hydrogen-bond acceptors (Lipinski definition) is 7. The minimum Gasteiger partial charge on any atom is -0.550 e. The third-order valence-corrected chi connectivity index (χ3v) is 1.25. The molecular weight excluding hydrogens is 254 g/mol. The van der Waals surface area contributed by atoms with Crippen LogP contribution >= 0.6 is 0 Å². The van der Waals surface area contributed by atoms with Gasteiger partial charge in [-0.05, 0) is 0 Å². The van der Waals surface area contributed by atoms with Gasteiger partial charge in [0.05, 0.1) is 5.97 Å². The molecular formula is C6H5FeLi2O7. The molecule has 0 atom stereocenters. The van der Waals surface area contributed by atoms with E-state index in [1.165, 1.54) is 0 Å². The van der Waals surface area contributed by atoms with E-state index in [0.29, 0.717) is 0 Å². The van der Waals surface area contributed by atoms with E-state index in [2.05, 4.69) is 0 Å². The van der Waals surface area contributed by atoms with Crippen molar-refractivity contribution in [3.8, 4) is 0 Å². The normalized spacial score (nSPS) is 8.81. The van der Waals surface area contributed by atoms with Crippen molar-refractivity contribution in [2.75, 3.05) is 0 Å². The molecule has 0 fully saturated rings. The number of carbonyl (C=O) groups excluding carboxylic acids is 3. The molecule has 0 saturated carbocycles. The molecule has 0 aromatic rings. The van der Waals surface area contributed by atoms with Crippen LogP contribution in [0.4, 0.5) is 0 Å². The number of rotatable bonds is 5. The topological polar surface area (TPSA) is 141 Å². The molecule has 0 aliphatic carbocycles. The van der Waals surface area contributed by atoms with Gasteiger partial charge in [0.2, 0.25) is 0 Å². The number of hydrogen-bond donors (Lipinski definition) is 1. The zero-order valence-corrected chi connectivity index (χ0v) is 9.77. The van der Waals surface area contributed by atoms with Gasteiger partial charge in [0, 0.05) is 62.5 Å². The average Bonchev–Trinajstić information content (AvgIpc) is 1.82. The fourth-order valence-corrected chi connectivity index (χ4v) is 0.684. The maximum atomic E-state index is 10.1. The van der Waals surface area contributed by atoms with E-state index in [4.69, 9.17) is 5.11 Å². The second kappa shape index (κ2) is 10.3. The summed E-state index contributed by atoms with van der Waals surface area (Å²) in [4.78, 5) is 30.0. The summed E-state index contributed by atoms with van der Waals surface area (Å²) < 4.78 is 0. The molecule has 10 heteroatoms. The summed E-state index contributed by atoms with van der Waals surface area (Å²) in [5.41, 5.74) is -2.97. The SMILES string of the molecule is O=C([O-])CC(O)(CC(=O)[O-])C(=O)[O-].[Fe+3].[Li].[Li]. The maximum absolute atomic E-state index is 10.1. The Kier molecular flexibility index (Phi) is 16.1. The Labute approximate surface area is 125 Å². The second-order valence-electron chi connectivity index (χ2n) is 2.42. The van der Waals surface area contributed by atoms with Gasteiger partial charge in [-0.25, -0.2) is 0 Å². The van der Waals surface area contributed by atoms with E-state index in [1.54, 1.807) is 0 Å². The van der Waals surface area contributed by atoms with Crippen LogP contribution in [0.2, 0.25) is 0 Å². The Balaban J connectivity index is -0.000000240. The van der Waals surface area contributed by atoms with Gasteiger partial charge < -0.3 is 34.8 Å². The van der Waals surface area contributed by atoms with Crippen molar-refractivity contribution in [3.05, 3.63) is 0 Å². The van der Waals surface area contributed by atoms with Crippen LogP contribution in [-0.2, 0) is 31.5 Å². The van der Waals surface area contributed by atoms with E-state index in [1.807, 2.05) is 0 Å². The first-order chi connectivity index (χ1) is 5.78. The van der Waals surface area contributed by atoms with Crippen LogP contribution in [0, 0.1) is 0 Å². The van der Waals surface area contributed by atoms with Crippen LogP contribution in [0.5, 0.6) is 0 Å². The van der Waals surface area contributed by atoms with Gasteiger partial charge >= 0.3 is 17.1 Å². The standard InChI is InChI=1S/C6H8O7.Fe.2Li/c7-3(8)1-6(13,5(11)12)2-4(9)10;;;/h13H,1-2H2,(H,7,8)(H,9,10)(H,11,12);;;/q;+3;;/p-3. The first kappa shape index (κ1) is 25.1. The Morgan fingerprint density at radius 3 is 1.31 bits per heavy atom. The summed E-state index contributed by atoms with van der Waals surface area (Å²) >= 11 is 0. The predicted octanol–water partition coefficient (Wildman–Crippen LogP) is -6.02. The first-order valence-electron chi connectivity index (χ1n) is 3.11. The van der Waals surface area contributed by atoms with Gasteiger partial charge in [-0.1, -0.05) is 0 Å². The zero-order chi connectivity index (χ0) is 10.6. The molecule has 1 N–H and O–H groups in total. The number of aliphatic carboxylic acids is 3. The van der Waals surface area contributed by atoms with Crippen molar-refractivity contribution in [1.29, 1.82) is 0 Å². The molecule has 0 aliphatic rings. The molecule has 0 amide bonds. The molecule has 0 heterocycles. The Bertz CT molecular complexity index is 241. The minimum absolute atomic E-state index is 0. The van der Waals surface area contributed by atoms with E-state index >= 15 is 0 Å². The Morgan fingerprint density at radius 2 is 1.19 bits per heavy atom. The van der Waals surface area contributed by atoms with Crippen molar-refractivity contribution in [2.24, 2.45) is 0 Å². The quantitative estimate of drug-likeness (QED) is 0.484. The van der Waals surface area contributed by atoms with Crippen LogP contribution < -0.4 is 15.3 Å². The van der Waals surface area contributed by atoms with Crippen molar-refractivity contribution in [1.82, 2.24) is 0 Å². The summed E-state index contributed by atoms with van der Waals surface area (Å²) in [6, 6.07) is 0. The predicted molar refractivity (Wildman–Crippen MR) is 40.7 cm³/mol. The molecule has 7 nitrogen and oxygen atoms in total. The van der Waals surface area contributed by atoms with Crippen molar-refractivity contribution in [3.63, 3.8) is 0 Å². The third kappa shape index (κ3) is 9.32. The summed E-state index contributed by atoms with van der Waals surface area (Å²) in [7, 11) is 0. The van der Waals surface area contributed by atoms with Gasteiger partial charge in [0.15, 0.2) is 0 Å². The molecule has 0 bridgehead atoms. The van der Waals surface area contributed by atoms with Crippen LogP contribution in [0.1, 0.15) is 12.8 Å². The number of carboxylic acids is 3. The molecule has 0 aromatic carbocycles. The summed E-state index contributed by atoms with van der Waals surface area (Å²) in [5, 5.41) is 38.9. The second-order valence-corrected chi connectivity index (χ2v) is 2.42. The molecule has 0 rings (SSSR count). The van der Waals surface area contributed by atoms with Crippen LogP contribution in [0.3, 0.4) is 0 Å². The number of carboxylic acid groups (broad SMARTS) is 3. The van der Waals surface area contributed by atoms with E-state index in [9.17, 15) is 29.7 Å². The van der Waals surface area contributed by atoms with Gasteiger partial charge in [-0.3, -0.25) is 0 Å². The van der Waals surface area contributed by atoms with Crippen molar-refractivity contribution >= 4 is 55.6 Å². The summed E-state index contributed by atoms with van der Waals surface area (Å²) in [6.45, 7) is 0. The van der Waals surface area contributed by atoms with Crippen LogP contribution in [0.25, 0.3) is 0 Å². The molecule has 81 valence electrons. The zero-order valence-electron chi connectivity index (χ0n) is 8.66. The Hall–Kier alpha value is 0.0843. The summed E-state index contributed by atoms with van der Waals surface area (Å²) in [5.74, 6) is -5.98. The largest absolute Gasteiger partial charge is 3.00 e. The van der Waals surface area contributed by atoms with Gasteiger partial charge in [-0.2, -0.15) is 0 Å². The molecule has 0 aliphatic heterocycles. The first-order valence-corrected chi connectivity index (χ1v) is 3.11. The maximum Gasteiger partial charge on any atom is 3.00 e. The van der Waals surface area contributed by atoms with Gasteiger partial charge in [0.1, 0.15) is 5.60 Å². The minimum atomic E-state index is -2.97. The molecule has 0 saturated heterocycles. The molecule has 0 unspecified atom stereocenters. The van der Waals surface area contributed by atoms with E-state index in [-0.39, 0.29) is 54.8 Å². The van der Waals surface area contributed by atoms with Crippen molar-refractivity contribution in [2.45, 2.75) is 18.4 Å². The fourth-order valence-electron chi connectivity index (χ4n) is 0.684. The average molecular weight is 259 g/mol. The molecule has 0 spiro atoms. The van der Waals surface area contributed by atoms with Gasteiger partial charge in [-0.15, -0.1) is 0 Å². The van der Waals surface area contributed by atoms with Crippen LogP contribution in [0.15, 0.2) is 0 Å². The smallest absolute Gasteiger partial charge is 0.550 e. The number of aliphatic hydroxyl groups is 1. The fraction of sp³-hybridized carbons (Fsp3) is 0.500. The number of carbonyl (C=O) groups is 3. The summed E-state index contributed by atoms with van der Waals surface area (Å²) in [6.07, 6.45) is -2.72. The molecule has 0 aromatic heterocycles. The molecule has 3 radical (unpaired) electrons. The third-order valence-electron chi connectivity index (χ3n) is 1.25. The van der Waals surface area contributed by atoms with E-state index in [0.717, 1.165) is 0 Å².